The maximum absolute atomic E-state index is 12.3. The molecule has 1 fully saturated rings. The van der Waals surface area contributed by atoms with E-state index in [0.717, 1.165) is 24.4 Å². The Morgan fingerprint density at radius 1 is 1.32 bits per heavy atom. The third-order valence-corrected chi connectivity index (χ3v) is 4.61. The number of ether oxygens (including phenoxy) is 1. The Labute approximate surface area is 152 Å². The summed E-state index contributed by atoms with van der Waals surface area (Å²) in [5, 5.41) is 13.8. The molecule has 0 aliphatic carbocycles. The van der Waals surface area contributed by atoms with Crippen molar-refractivity contribution in [2.45, 2.75) is 18.6 Å². The second-order valence-electron chi connectivity index (χ2n) is 6.07. The molecular formula is C19H21ClN2O3. The molecule has 132 valence electrons. The Hall–Kier alpha value is -2.24. The first-order valence-electron chi connectivity index (χ1n) is 8.20. The Morgan fingerprint density at radius 2 is 2.08 bits per heavy atom. The van der Waals surface area contributed by atoms with E-state index < -0.39 is 6.10 Å². The van der Waals surface area contributed by atoms with Crippen molar-refractivity contribution in [3.8, 4) is 5.75 Å². The van der Waals surface area contributed by atoms with Gasteiger partial charge in [0.1, 0.15) is 5.75 Å². The second kappa shape index (κ2) is 7.76. The van der Waals surface area contributed by atoms with Crippen LogP contribution in [0.5, 0.6) is 5.75 Å². The number of hydrogen-bond donors (Lipinski definition) is 2. The van der Waals surface area contributed by atoms with Crippen molar-refractivity contribution in [2.24, 2.45) is 0 Å². The number of hydrogen-bond acceptors (Lipinski definition) is 4. The number of halogens is 1. The fourth-order valence-electron chi connectivity index (χ4n) is 3.07. The lowest BCUT2D eigenvalue weighted by atomic mass is 10.1. The number of aliphatic hydroxyl groups excluding tert-OH is 1. The van der Waals surface area contributed by atoms with Crippen LogP contribution in [0.25, 0.3) is 0 Å². The van der Waals surface area contributed by atoms with Gasteiger partial charge in [-0.1, -0.05) is 41.9 Å². The molecule has 0 aromatic heterocycles. The zero-order valence-electron chi connectivity index (χ0n) is 14.0. The van der Waals surface area contributed by atoms with E-state index in [1.54, 1.807) is 37.4 Å². The van der Waals surface area contributed by atoms with Gasteiger partial charge in [0.05, 0.1) is 12.8 Å². The monoisotopic (exact) mass is 360 g/mol. The zero-order chi connectivity index (χ0) is 17.8. The van der Waals surface area contributed by atoms with Crippen molar-refractivity contribution in [1.82, 2.24) is 5.32 Å². The lowest BCUT2D eigenvalue weighted by Gasteiger charge is -2.22. The lowest BCUT2D eigenvalue weighted by molar-refractivity contribution is -0.130. The molecule has 2 aromatic rings. The number of rotatable bonds is 5. The van der Waals surface area contributed by atoms with Crippen LogP contribution < -0.4 is 15.0 Å². The molecule has 3 rings (SSSR count). The third kappa shape index (κ3) is 4.06. The number of carbonyl (C=O) groups excluding carboxylic acids is 1. The molecule has 0 spiro atoms. The molecule has 0 saturated carbocycles. The van der Waals surface area contributed by atoms with Crippen LogP contribution in [-0.4, -0.2) is 37.3 Å². The van der Waals surface area contributed by atoms with Crippen molar-refractivity contribution in [3.05, 3.63) is 59.1 Å². The van der Waals surface area contributed by atoms with E-state index in [0.29, 0.717) is 17.1 Å². The molecule has 1 heterocycles. The molecule has 0 bridgehead atoms. The largest absolute Gasteiger partial charge is 0.495 e. The van der Waals surface area contributed by atoms with Crippen LogP contribution in [-0.2, 0) is 4.79 Å². The van der Waals surface area contributed by atoms with Gasteiger partial charge in [-0.2, -0.15) is 0 Å². The fraction of sp³-hybridized carbons (Fsp3) is 0.316. The summed E-state index contributed by atoms with van der Waals surface area (Å²) in [7, 11) is 1.62. The predicted molar refractivity (Wildman–Crippen MR) is 98.2 cm³/mol. The standard InChI is InChI=1S/C19H21ClN2O3/c1-25-17-8-7-14(20)11-16(17)22-10-9-15(12-22)21-19(24)18(23)13-5-3-2-4-6-13/h2-8,11,15,18,23H,9-10,12H2,1H3,(H,21,24)/t15-,18-/m0/s1. The summed E-state index contributed by atoms with van der Waals surface area (Å²) in [6.07, 6.45) is -0.362. The number of anilines is 1. The first kappa shape index (κ1) is 17.6. The van der Waals surface area contributed by atoms with Crippen LogP contribution in [0.2, 0.25) is 5.02 Å². The van der Waals surface area contributed by atoms with Crippen LogP contribution in [0.15, 0.2) is 48.5 Å². The van der Waals surface area contributed by atoms with Gasteiger partial charge in [-0.25, -0.2) is 0 Å². The highest BCUT2D eigenvalue weighted by atomic mass is 35.5. The van der Waals surface area contributed by atoms with Gasteiger partial charge in [0, 0.05) is 24.2 Å². The minimum absolute atomic E-state index is 0.0328. The number of aliphatic hydroxyl groups is 1. The number of nitrogens with zero attached hydrogens (tertiary/aromatic N) is 1. The summed E-state index contributed by atoms with van der Waals surface area (Å²) in [5.41, 5.74) is 1.50. The molecule has 1 saturated heterocycles. The first-order chi connectivity index (χ1) is 12.1. The van der Waals surface area contributed by atoms with Gasteiger partial charge in [-0.3, -0.25) is 4.79 Å². The minimum Gasteiger partial charge on any atom is -0.495 e. The Balaban J connectivity index is 1.64. The minimum atomic E-state index is -1.16. The average Bonchev–Trinajstić information content (AvgIpc) is 3.10. The number of amides is 1. The van der Waals surface area contributed by atoms with E-state index in [1.165, 1.54) is 0 Å². The van der Waals surface area contributed by atoms with Gasteiger partial charge in [-0.05, 0) is 30.2 Å². The van der Waals surface area contributed by atoms with Gasteiger partial charge < -0.3 is 20.1 Å². The quantitative estimate of drug-likeness (QED) is 0.860. The van der Waals surface area contributed by atoms with E-state index >= 15 is 0 Å². The van der Waals surface area contributed by atoms with Crippen molar-refractivity contribution in [1.29, 1.82) is 0 Å². The van der Waals surface area contributed by atoms with Gasteiger partial charge in [0.25, 0.3) is 5.91 Å². The first-order valence-corrected chi connectivity index (χ1v) is 8.58. The summed E-state index contributed by atoms with van der Waals surface area (Å²) in [6.45, 7) is 1.42. The molecule has 0 unspecified atom stereocenters. The van der Waals surface area contributed by atoms with Crippen LogP contribution in [0, 0.1) is 0 Å². The molecule has 0 radical (unpaired) electrons. The van der Waals surface area contributed by atoms with Crippen molar-refractivity contribution in [2.75, 3.05) is 25.1 Å². The third-order valence-electron chi connectivity index (χ3n) is 4.38. The molecule has 1 aliphatic rings. The number of nitrogens with one attached hydrogen (secondary N) is 1. The highest BCUT2D eigenvalue weighted by molar-refractivity contribution is 6.30. The maximum atomic E-state index is 12.3. The fourth-order valence-corrected chi connectivity index (χ4v) is 3.24. The van der Waals surface area contributed by atoms with Gasteiger partial charge >= 0.3 is 0 Å². The summed E-state index contributed by atoms with van der Waals surface area (Å²) in [5.74, 6) is 0.372. The van der Waals surface area contributed by atoms with E-state index in [1.807, 2.05) is 18.2 Å². The van der Waals surface area contributed by atoms with E-state index in [4.69, 9.17) is 16.3 Å². The van der Waals surface area contributed by atoms with E-state index in [-0.39, 0.29) is 11.9 Å². The molecule has 2 atom stereocenters. The molecule has 5 nitrogen and oxygen atoms in total. The predicted octanol–water partition coefficient (Wildman–Crippen LogP) is 2.78. The Bertz CT molecular complexity index is 739. The van der Waals surface area contributed by atoms with Gasteiger partial charge in [0.15, 0.2) is 6.10 Å². The van der Waals surface area contributed by atoms with Crippen LogP contribution in [0.4, 0.5) is 5.69 Å². The normalized spacial score (nSPS) is 18.0. The summed E-state index contributed by atoms with van der Waals surface area (Å²) >= 11 is 6.10. The van der Waals surface area contributed by atoms with Crippen LogP contribution in [0.1, 0.15) is 18.1 Å². The van der Waals surface area contributed by atoms with Crippen molar-refractivity contribution in [3.63, 3.8) is 0 Å². The number of methoxy groups -OCH3 is 1. The van der Waals surface area contributed by atoms with Gasteiger partial charge in [-0.15, -0.1) is 0 Å². The molecule has 1 amide bonds. The van der Waals surface area contributed by atoms with Crippen molar-refractivity contribution < 1.29 is 14.6 Å². The van der Waals surface area contributed by atoms with Crippen molar-refractivity contribution >= 4 is 23.2 Å². The maximum Gasteiger partial charge on any atom is 0.253 e. The number of benzene rings is 2. The Morgan fingerprint density at radius 3 is 2.80 bits per heavy atom. The average molecular weight is 361 g/mol. The SMILES string of the molecule is COc1ccc(Cl)cc1N1CC[C@H](NC(=O)[C@@H](O)c2ccccc2)C1. The summed E-state index contributed by atoms with van der Waals surface area (Å²) in [6, 6.07) is 14.4. The molecule has 2 aromatic carbocycles. The van der Waals surface area contributed by atoms with Crippen LogP contribution >= 0.6 is 11.6 Å². The topological polar surface area (TPSA) is 61.8 Å². The molecule has 25 heavy (non-hydrogen) atoms. The van der Waals surface area contributed by atoms with Gasteiger partial charge in [0.2, 0.25) is 0 Å². The van der Waals surface area contributed by atoms with Crippen LogP contribution in [0.3, 0.4) is 0 Å². The summed E-state index contributed by atoms with van der Waals surface area (Å²) < 4.78 is 5.40. The smallest absolute Gasteiger partial charge is 0.253 e. The molecule has 1 aliphatic heterocycles. The molecular weight excluding hydrogens is 340 g/mol. The lowest BCUT2D eigenvalue weighted by Crippen LogP contribution is -2.39. The van der Waals surface area contributed by atoms with E-state index in [2.05, 4.69) is 10.2 Å². The Kier molecular flexibility index (Phi) is 5.46. The highest BCUT2D eigenvalue weighted by Gasteiger charge is 2.28. The molecule has 2 N–H and O–H groups in total. The molecule has 6 heteroatoms. The van der Waals surface area contributed by atoms with E-state index in [9.17, 15) is 9.90 Å². The highest BCUT2D eigenvalue weighted by Crippen LogP contribution is 2.33. The number of carbonyl (C=O) groups is 1. The summed E-state index contributed by atoms with van der Waals surface area (Å²) in [4.78, 5) is 14.4. The zero-order valence-corrected chi connectivity index (χ0v) is 14.7. The second-order valence-corrected chi connectivity index (χ2v) is 6.51.